The summed E-state index contributed by atoms with van der Waals surface area (Å²) in [5.74, 6) is -0.877. The molecule has 0 saturated carbocycles. The van der Waals surface area contributed by atoms with E-state index in [1.165, 1.54) is 7.14 Å². The molecule has 3 aromatic rings. The molecule has 0 spiro atoms. The molecule has 1 unspecified atom stereocenters. The third-order valence-electron chi connectivity index (χ3n) is 3.80. The first-order valence-electron chi connectivity index (χ1n) is 7.79. The Bertz CT molecular complexity index is 783. The van der Waals surface area contributed by atoms with Crippen molar-refractivity contribution in [3.63, 3.8) is 0 Å². The van der Waals surface area contributed by atoms with Crippen LogP contribution < -0.4 is 21.2 Å². The van der Waals surface area contributed by atoms with Gasteiger partial charge in [0.2, 0.25) is 0 Å². The van der Waals surface area contributed by atoms with Crippen molar-refractivity contribution in [2.24, 2.45) is 0 Å². The number of hydrogen-bond donors (Lipinski definition) is 1. The van der Waals surface area contributed by atoms with Crippen LogP contribution in [0.2, 0.25) is 0 Å². The molecule has 0 aliphatic heterocycles. The normalized spacial score (nSPS) is 12.0. The van der Waals surface area contributed by atoms with Gasteiger partial charge in [0.05, 0.1) is 0 Å². The standard InChI is InChI=1S/C21H18IO2/c23-21(24)15-20(16-7-3-1-4-8-16)17-11-13-19(14-12-17)22-18-9-5-2-6-10-18/h1-14,20H,15H2,(H,23,24)/q-1. The quantitative estimate of drug-likeness (QED) is 0.603. The Morgan fingerprint density at radius 3 is 1.83 bits per heavy atom. The summed E-state index contributed by atoms with van der Waals surface area (Å²) in [6.07, 6.45) is 0.108. The van der Waals surface area contributed by atoms with Gasteiger partial charge in [0.1, 0.15) is 0 Å². The van der Waals surface area contributed by atoms with E-state index < -0.39 is 5.97 Å². The summed E-state index contributed by atoms with van der Waals surface area (Å²) in [5, 5.41) is 9.26. The van der Waals surface area contributed by atoms with Gasteiger partial charge in [0.25, 0.3) is 0 Å². The summed E-state index contributed by atoms with van der Waals surface area (Å²) in [6, 6.07) is 28.8. The minimum absolute atomic E-state index is 0.104. The van der Waals surface area contributed by atoms with Crippen LogP contribution in [0.3, 0.4) is 0 Å². The van der Waals surface area contributed by atoms with Gasteiger partial charge in [-0.3, -0.25) is 0 Å². The molecule has 0 aliphatic rings. The Kier molecular flexibility index (Phi) is 5.64. The number of rotatable bonds is 6. The summed E-state index contributed by atoms with van der Waals surface area (Å²) < 4.78 is 2.72. The molecule has 0 saturated heterocycles. The molecule has 0 heterocycles. The molecule has 1 N–H and O–H groups in total. The zero-order valence-corrected chi connectivity index (χ0v) is 15.3. The van der Waals surface area contributed by atoms with Crippen LogP contribution in [-0.4, -0.2) is 11.1 Å². The van der Waals surface area contributed by atoms with Crippen LogP contribution in [0.15, 0.2) is 84.9 Å². The fourth-order valence-electron chi connectivity index (χ4n) is 2.65. The van der Waals surface area contributed by atoms with Crippen molar-refractivity contribution in [3.05, 3.63) is 103 Å². The van der Waals surface area contributed by atoms with Crippen LogP contribution in [0.1, 0.15) is 23.5 Å². The second kappa shape index (κ2) is 8.11. The SMILES string of the molecule is O=C(O)CC(c1ccccc1)c1ccc([I-]c2ccccc2)cc1. The fourth-order valence-corrected chi connectivity index (χ4v) is 4.86. The van der Waals surface area contributed by atoms with Gasteiger partial charge >= 0.3 is 153 Å². The number of halogens is 1. The molecule has 24 heavy (non-hydrogen) atoms. The summed E-state index contributed by atoms with van der Waals surface area (Å²) in [4.78, 5) is 11.3. The van der Waals surface area contributed by atoms with Crippen LogP contribution in [0.25, 0.3) is 0 Å². The van der Waals surface area contributed by atoms with Gasteiger partial charge in [-0.05, 0) is 0 Å². The van der Waals surface area contributed by atoms with Crippen molar-refractivity contribution >= 4 is 5.97 Å². The van der Waals surface area contributed by atoms with Gasteiger partial charge in [-0.25, -0.2) is 0 Å². The Hall–Kier alpha value is -2.14. The molecular weight excluding hydrogens is 411 g/mol. The van der Waals surface area contributed by atoms with Gasteiger partial charge in [0, 0.05) is 0 Å². The van der Waals surface area contributed by atoms with Crippen molar-refractivity contribution in [1.82, 2.24) is 0 Å². The van der Waals surface area contributed by atoms with Crippen molar-refractivity contribution in [2.75, 3.05) is 0 Å². The fraction of sp³-hybridized carbons (Fsp3) is 0.0952. The van der Waals surface area contributed by atoms with E-state index in [0.717, 1.165) is 11.1 Å². The topological polar surface area (TPSA) is 37.3 Å². The van der Waals surface area contributed by atoms with E-state index in [2.05, 4.69) is 48.5 Å². The molecule has 2 nitrogen and oxygen atoms in total. The maximum atomic E-state index is 11.3. The van der Waals surface area contributed by atoms with E-state index in [1.807, 2.05) is 36.4 Å². The monoisotopic (exact) mass is 429 g/mol. The Labute approximate surface area is 152 Å². The molecule has 0 amide bonds. The predicted octanol–water partition coefficient (Wildman–Crippen LogP) is 1.42. The van der Waals surface area contributed by atoms with Gasteiger partial charge in [0.15, 0.2) is 0 Å². The minimum atomic E-state index is -0.773. The summed E-state index contributed by atoms with van der Waals surface area (Å²) in [5.41, 5.74) is 2.11. The van der Waals surface area contributed by atoms with E-state index in [-0.39, 0.29) is 33.5 Å². The summed E-state index contributed by atoms with van der Waals surface area (Å²) in [6.45, 7) is 0. The Balaban J connectivity index is 1.82. The first-order valence-corrected chi connectivity index (χ1v) is 9.95. The molecular formula is C21H18IO2-. The van der Waals surface area contributed by atoms with E-state index in [4.69, 9.17) is 0 Å². The van der Waals surface area contributed by atoms with Crippen LogP contribution in [-0.2, 0) is 4.79 Å². The first kappa shape index (κ1) is 16.7. The van der Waals surface area contributed by atoms with Gasteiger partial charge in [-0.15, -0.1) is 0 Å². The summed E-state index contributed by atoms with van der Waals surface area (Å²) in [7, 11) is 0. The molecule has 3 rings (SSSR count). The van der Waals surface area contributed by atoms with Crippen LogP contribution >= 0.6 is 0 Å². The molecule has 3 heteroatoms. The van der Waals surface area contributed by atoms with Crippen molar-refractivity contribution in [3.8, 4) is 0 Å². The molecule has 0 bridgehead atoms. The number of carbonyl (C=O) groups is 1. The van der Waals surface area contributed by atoms with Gasteiger partial charge in [-0.1, -0.05) is 0 Å². The molecule has 0 aliphatic carbocycles. The van der Waals surface area contributed by atoms with Crippen LogP contribution in [0, 0.1) is 7.14 Å². The third-order valence-corrected chi connectivity index (χ3v) is 6.49. The molecule has 1 atom stereocenters. The number of carboxylic acids is 1. The Morgan fingerprint density at radius 1 is 0.750 bits per heavy atom. The second-order valence-corrected chi connectivity index (χ2v) is 8.53. The van der Waals surface area contributed by atoms with E-state index in [0.29, 0.717) is 0 Å². The first-order chi connectivity index (χ1) is 11.7. The van der Waals surface area contributed by atoms with Gasteiger partial charge in [-0.2, -0.15) is 0 Å². The van der Waals surface area contributed by atoms with Gasteiger partial charge < -0.3 is 0 Å². The third kappa shape index (κ3) is 4.45. The van der Waals surface area contributed by atoms with Crippen molar-refractivity contribution < 1.29 is 31.1 Å². The predicted molar refractivity (Wildman–Crippen MR) is 90.8 cm³/mol. The van der Waals surface area contributed by atoms with Crippen LogP contribution in [0.4, 0.5) is 0 Å². The van der Waals surface area contributed by atoms with E-state index >= 15 is 0 Å². The number of carboxylic acid groups (broad SMARTS) is 1. The Morgan fingerprint density at radius 2 is 1.25 bits per heavy atom. The molecule has 0 aromatic heterocycles. The number of hydrogen-bond acceptors (Lipinski definition) is 1. The average molecular weight is 429 g/mol. The van der Waals surface area contributed by atoms with Crippen molar-refractivity contribution in [1.29, 1.82) is 0 Å². The zero-order chi connectivity index (χ0) is 16.8. The number of aliphatic carboxylic acids is 1. The molecule has 122 valence electrons. The second-order valence-electron chi connectivity index (χ2n) is 5.50. The van der Waals surface area contributed by atoms with Crippen LogP contribution in [0.5, 0.6) is 0 Å². The molecule has 0 radical (unpaired) electrons. The van der Waals surface area contributed by atoms with E-state index in [9.17, 15) is 9.90 Å². The van der Waals surface area contributed by atoms with Crippen molar-refractivity contribution in [2.45, 2.75) is 12.3 Å². The zero-order valence-electron chi connectivity index (χ0n) is 13.1. The number of benzene rings is 3. The maximum absolute atomic E-state index is 11.3. The van der Waals surface area contributed by atoms with E-state index in [1.54, 1.807) is 0 Å². The summed E-state index contributed by atoms with van der Waals surface area (Å²) >= 11 is -0.193. The molecule has 0 fully saturated rings. The molecule has 3 aromatic carbocycles. The average Bonchev–Trinajstić information content (AvgIpc) is 2.62.